The Morgan fingerprint density at radius 3 is 2.95 bits per heavy atom. The minimum Gasteiger partial charge on any atom is -0.494 e. The molecule has 1 fully saturated rings. The number of aliphatic hydroxyl groups excluding tert-OH is 1. The van der Waals surface area contributed by atoms with E-state index in [4.69, 9.17) is 4.74 Å². The zero-order valence-electron chi connectivity index (χ0n) is 11.8. The molecule has 2 unspecified atom stereocenters. The van der Waals surface area contributed by atoms with Gasteiger partial charge in [-0.1, -0.05) is 31.9 Å². The van der Waals surface area contributed by atoms with Crippen molar-refractivity contribution in [3.05, 3.63) is 29.8 Å². The quantitative estimate of drug-likeness (QED) is 0.829. The molecule has 0 heterocycles. The Morgan fingerprint density at radius 1 is 1.32 bits per heavy atom. The maximum Gasteiger partial charge on any atom is 0.119 e. The first-order valence-corrected chi connectivity index (χ1v) is 7.43. The number of benzene rings is 1. The number of hydrogen-bond donors (Lipinski definition) is 2. The third kappa shape index (κ3) is 4.51. The Morgan fingerprint density at radius 2 is 2.16 bits per heavy atom. The van der Waals surface area contributed by atoms with Gasteiger partial charge in [-0.2, -0.15) is 0 Å². The molecule has 3 heteroatoms. The SMILES string of the molecule is CCCOc1cccc(CNC2CCCCC2O)c1. The van der Waals surface area contributed by atoms with E-state index in [1.807, 2.05) is 12.1 Å². The molecule has 0 aliphatic heterocycles. The minimum absolute atomic E-state index is 0.187. The molecule has 0 spiro atoms. The Kier molecular flexibility index (Phi) is 5.67. The van der Waals surface area contributed by atoms with Crippen molar-refractivity contribution < 1.29 is 9.84 Å². The van der Waals surface area contributed by atoms with E-state index in [0.717, 1.165) is 44.6 Å². The lowest BCUT2D eigenvalue weighted by Crippen LogP contribution is -2.41. The lowest BCUT2D eigenvalue weighted by atomic mass is 9.92. The Labute approximate surface area is 116 Å². The fourth-order valence-electron chi connectivity index (χ4n) is 2.56. The van der Waals surface area contributed by atoms with Gasteiger partial charge < -0.3 is 15.2 Å². The van der Waals surface area contributed by atoms with Gasteiger partial charge in [-0.3, -0.25) is 0 Å². The van der Waals surface area contributed by atoms with Crippen molar-refractivity contribution in [2.75, 3.05) is 6.61 Å². The van der Waals surface area contributed by atoms with Crippen LogP contribution in [0.4, 0.5) is 0 Å². The van der Waals surface area contributed by atoms with E-state index >= 15 is 0 Å². The summed E-state index contributed by atoms with van der Waals surface area (Å²) in [4.78, 5) is 0. The predicted molar refractivity (Wildman–Crippen MR) is 77.3 cm³/mol. The third-order valence-electron chi connectivity index (χ3n) is 3.67. The molecule has 1 aliphatic carbocycles. The molecule has 1 aliphatic rings. The first-order valence-electron chi connectivity index (χ1n) is 7.43. The summed E-state index contributed by atoms with van der Waals surface area (Å²) in [6.07, 6.45) is 5.21. The summed E-state index contributed by atoms with van der Waals surface area (Å²) in [5, 5.41) is 13.4. The molecule has 2 rings (SSSR count). The van der Waals surface area contributed by atoms with Crippen LogP contribution in [0.5, 0.6) is 5.75 Å². The van der Waals surface area contributed by atoms with Crippen molar-refractivity contribution in [2.24, 2.45) is 0 Å². The van der Waals surface area contributed by atoms with Crippen LogP contribution < -0.4 is 10.1 Å². The van der Waals surface area contributed by atoms with Crippen LogP contribution in [-0.4, -0.2) is 23.9 Å². The van der Waals surface area contributed by atoms with Gasteiger partial charge >= 0.3 is 0 Å². The Hall–Kier alpha value is -1.06. The molecule has 2 N–H and O–H groups in total. The first-order chi connectivity index (χ1) is 9.29. The maximum absolute atomic E-state index is 9.93. The maximum atomic E-state index is 9.93. The summed E-state index contributed by atoms with van der Waals surface area (Å²) in [6.45, 7) is 3.67. The third-order valence-corrected chi connectivity index (χ3v) is 3.67. The molecule has 106 valence electrons. The molecule has 0 radical (unpaired) electrons. The van der Waals surface area contributed by atoms with Crippen molar-refractivity contribution in [1.82, 2.24) is 5.32 Å². The lowest BCUT2D eigenvalue weighted by Gasteiger charge is -2.28. The van der Waals surface area contributed by atoms with E-state index in [2.05, 4.69) is 24.4 Å². The van der Waals surface area contributed by atoms with Crippen LogP contribution >= 0.6 is 0 Å². The molecule has 0 aromatic heterocycles. The van der Waals surface area contributed by atoms with Gasteiger partial charge in [0.25, 0.3) is 0 Å². The first kappa shape index (κ1) is 14.4. The van der Waals surface area contributed by atoms with Gasteiger partial charge in [-0.15, -0.1) is 0 Å². The van der Waals surface area contributed by atoms with Gasteiger partial charge in [0.2, 0.25) is 0 Å². The van der Waals surface area contributed by atoms with E-state index in [1.165, 1.54) is 12.0 Å². The molecule has 0 saturated heterocycles. The molecule has 19 heavy (non-hydrogen) atoms. The second-order valence-corrected chi connectivity index (χ2v) is 5.34. The average Bonchev–Trinajstić information content (AvgIpc) is 2.45. The van der Waals surface area contributed by atoms with E-state index in [-0.39, 0.29) is 12.1 Å². The molecule has 1 aromatic rings. The van der Waals surface area contributed by atoms with Crippen LogP contribution in [0.1, 0.15) is 44.6 Å². The summed E-state index contributed by atoms with van der Waals surface area (Å²) in [7, 11) is 0. The van der Waals surface area contributed by atoms with E-state index < -0.39 is 0 Å². The topological polar surface area (TPSA) is 41.5 Å². The fraction of sp³-hybridized carbons (Fsp3) is 0.625. The molecule has 1 aromatic carbocycles. The zero-order valence-corrected chi connectivity index (χ0v) is 11.8. The van der Waals surface area contributed by atoms with Gasteiger partial charge in [0.05, 0.1) is 12.7 Å². The van der Waals surface area contributed by atoms with Crippen molar-refractivity contribution in [3.8, 4) is 5.75 Å². The highest BCUT2D eigenvalue weighted by atomic mass is 16.5. The van der Waals surface area contributed by atoms with Gasteiger partial charge in [0.15, 0.2) is 0 Å². The number of hydrogen-bond acceptors (Lipinski definition) is 3. The highest BCUT2D eigenvalue weighted by Crippen LogP contribution is 2.19. The molecule has 3 nitrogen and oxygen atoms in total. The van der Waals surface area contributed by atoms with E-state index in [9.17, 15) is 5.11 Å². The van der Waals surface area contributed by atoms with Gasteiger partial charge in [0, 0.05) is 12.6 Å². The molecule has 1 saturated carbocycles. The van der Waals surface area contributed by atoms with Gasteiger partial charge in [0.1, 0.15) is 5.75 Å². The zero-order chi connectivity index (χ0) is 13.5. The smallest absolute Gasteiger partial charge is 0.119 e. The normalized spacial score (nSPS) is 23.3. The second kappa shape index (κ2) is 7.51. The van der Waals surface area contributed by atoms with E-state index in [0.29, 0.717) is 0 Å². The summed E-state index contributed by atoms with van der Waals surface area (Å²) >= 11 is 0. The lowest BCUT2D eigenvalue weighted by molar-refractivity contribution is 0.0902. The summed E-state index contributed by atoms with van der Waals surface area (Å²) < 4.78 is 5.63. The van der Waals surface area contributed by atoms with Gasteiger partial charge in [-0.05, 0) is 37.0 Å². The van der Waals surface area contributed by atoms with Crippen LogP contribution in [-0.2, 0) is 6.54 Å². The molecular formula is C16H25NO2. The van der Waals surface area contributed by atoms with Crippen LogP contribution in [0.15, 0.2) is 24.3 Å². The van der Waals surface area contributed by atoms with Crippen LogP contribution in [0.2, 0.25) is 0 Å². The molecular weight excluding hydrogens is 238 g/mol. The summed E-state index contributed by atoms with van der Waals surface area (Å²) in [5.74, 6) is 0.936. The fourth-order valence-corrected chi connectivity index (χ4v) is 2.56. The highest BCUT2D eigenvalue weighted by molar-refractivity contribution is 5.28. The number of ether oxygens (including phenoxy) is 1. The molecule has 0 bridgehead atoms. The van der Waals surface area contributed by atoms with Crippen molar-refractivity contribution >= 4 is 0 Å². The van der Waals surface area contributed by atoms with Crippen LogP contribution in [0, 0.1) is 0 Å². The highest BCUT2D eigenvalue weighted by Gasteiger charge is 2.22. The summed E-state index contributed by atoms with van der Waals surface area (Å²) in [5.41, 5.74) is 1.21. The number of nitrogens with one attached hydrogen (secondary N) is 1. The van der Waals surface area contributed by atoms with Crippen molar-refractivity contribution in [2.45, 2.75) is 57.7 Å². The summed E-state index contributed by atoms with van der Waals surface area (Å²) in [6, 6.07) is 8.45. The van der Waals surface area contributed by atoms with Crippen LogP contribution in [0.25, 0.3) is 0 Å². The minimum atomic E-state index is -0.187. The predicted octanol–water partition coefficient (Wildman–Crippen LogP) is 2.87. The Balaban J connectivity index is 1.84. The van der Waals surface area contributed by atoms with Gasteiger partial charge in [-0.25, -0.2) is 0 Å². The molecule has 2 atom stereocenters. The van der Waals surface area contributed by atoms with Crippen LogP contribution in [0.3, 0.4) is 0 Å². The molecule has 0 amide bonds. The average molecular weight is 263 g/mol. The second-order valence-electron chi connectivity index (χ2n) is 5.34. The number of rotatable bonds is 6. The standard InChI is InChI=1S/C16H25NO2/c1-2-10-19-14-7-5-6-13(11-14)12-17-15-8-3-4-9-16(15)18/h5-7,11,15-18H,2-4,8-10,12H2,1H3. The van der Waals surface area contributed by atoms with Crippen molar-refractivity contribution in [3.63, 3.8) is 0 Å². The van der Waals surface area contributed by atoms with Crippen molar-refractivity contribution in [1.29, 1.82) is 0 Å². The Bertz CT molecular complexity index is 381. The monoisotopic (exact) mass is 263 g/mol. The number of aliphatic hydroxyl groups is 1. The van der Waals surface area contributed by atoms with E-state index in [1.54, 1.807) is 0 Å². The largest absolute Gasteiger partial charge is 0.494 e.